The van der Waals surface area contributed by atoms with Crippen LogP contribution >= 0.6 is 0 Å². The fraction of sp³-hybridized carbons (Fsp3) is 0.125. The van der Waals surface area contributed by atoms with Gasteiger partial charge in [0.25, 0.3) is 10.0 Å². The number of carbonyl (C=O) groups excluding carboxylic acids is 2. The summed E-state index contributed by atoms with van der Waals surface area (Å²) in [6.45, 7) is 2.01. The molecule has 0 spiro atoms. The molecule has 4 aromatic rings. The first-order chi connectivity index (χ1) is 15.8. The van der Waals surface area contributed by atoms with E-state index in [-0.39, 0.29) is 29.6 Å². The molecule has 0 atom stereocenters. The molecule has 0 radical (unpaired) electrons. The molecule has 1 saturated heterocycles. The van der Waals surface area contributed by atoms with Gasteiger partial charge in [0.1, 0.15) is 5.65 Å². The van der Waals surface area contributed by atoms with Gasteiger partial charge in [0.05, 0.1) is 16.3 Å². The number of nitrogens with zero attached hydrogens (tertiary/aromatic N) is 3. The summed E-state index contributed by atoms with van der Waals surface area (Å²) in [6, 6.07) is 16.6. The van der Waals surface area contributed by atoms with Crippen LogP contribution in [0.4, 0.5) is 11.4 Å². The summed E-state index contributed by atoms with van der Waals surface area (Å²) >= 11 is 0. The summed E-state index contributed by atoms with van der Waals surface area (Å²) in [5, 5.41) is 0. The molecule has 8 nitrogen and oxygen atoms in total. The lowest BCUT2D eigenvalue weighted by Crippen LogP contribution is -2.28. The van der Waals surface area contributed by atoms with Crippen LogP contribution in [0.3, 0.4) is 0 Å². The third kappa shape index (κ3) is 3.98. The van der Waals surface area contributed by atoms with Crippen molar-refractivity contribution in [2.45, 2.75) is 24.7 Å². The largest absolute Gasteiger partial charge is 0.306 e. The lowest BCUT2D eigenvalue weighted by molar-refractivity contribution is -0.121. The van der Waals surface area contributed by atoms with Gasteiger partial charge in [0, 0.05) is 36.5 Å². The fourth-order valence-electron chi connectivity index (χ4n) is 3.78. The van der Waals surface area contributed by atoms with Crippen LogP contribution in [0.1, 0.15) is 18.4 Å². The molecule has 5 rings (SSSR count). The quantitative estimate of drug-likeness (QED) is 0.457. The minimum absolute atomic E-state index is 0.0325. The van der Waals surface area contributed by atoms with Crippen molar-refractivity contribution in [1.82, 2.24) is 9.38 Å². The van der Waals surface area contributed by atoms with Crippen LogP contribution < -0.4 is 9.62 Å². The molecule has 2 amide bonds. The van der Waals surface area contributed by atoms with E-state index in [0.717, 1.165) is 27.4 Å². The van der Waals surface area contributed by atoms with Crippen molar-refractivity contribution in [3.63, 3.8) is 0 Å². The highest BCUT2D eigenvalue weighted by Gasteiger charge is 2.30. The topological polar surface area (TPSA) is 101 Å². The Kier molecular flexibility index (Phi) is 4.98. The number of imide groups is 1. The smallest absolute Gasteiger partial charge is 0.261 e. The fourth-order valence-corrected chi connectivity index (χ4v) is 4.84. The highest BCUT2D eigenvalue weighted by Crippen LogP contribution is 2.26. The van der Waals surface area contributed by atoms with Gasteiger partial charge in [0.15, 0.2) is 0 Å². The first-order valence-corrected chi connectivity index (χ1v) is 11.8. The maximum atomic E-state index is 12.8. The molecule has 9 heteroatoms. The Bertz CT molecular complexity index is 1470. The zero-order valence-corrected chi connectivity index (χ0v) is 18.5. The van der Waals surface area contributed by atoms with E-state index in [2.05, 4.69) is 9.71 Å². The lowest BCUT2D eigenvalue weighted by Gasteiger charge is -2.14. The standard InChI is InChI=1S/C24H20N4O4S/c1-16-12-13-27-15-21(25-22(27)14-16)17-2-4-18(5-3-17)26-33(31,32)20-8-6-19(7-9-20)28-23(29)10-11-24(28)30/h2-9,12-15,26H,10-11H2,1H3. The summed E-state index contributed by atoms with van der Waals surface area (Å²) in [6.07, 6.45) is 4.21. The molecular formula is C24H20N4O4S. The highest BCUT2D eigenvalue weighted by atomic mass is 32.2. The molecule has 0 bridgehead atoms. The minimum atomic E-state index is -3.84. The summed E-state index contributed by atoms with van der Waals surface area (Å²) in [5.74, 6) is -0.566. The second-order valence-corrected chi connectivity index (χ2v) is 9.58. The highest BCUT2D eigenvalue weighted by molar-refractivity contribution is 7.92. The zero-order chi connectivity index (χ0) is 23.2. The van der Waals surface area contributed by atoms with Gasteiger partial charge in [-0.2, -0.15) is 0 Å². The molecule has 1 aliphatic rings. The number of hydrogen-bond donors (Lipinski definition) is 1. The first-order valence-electron chi connectivity index (χ1n) is 10.3. The molecule has 1 N–H and O–H groups in total. The van der Waals surface area contributed by atoms with Crippen molar-refractivity contribution in [2.24, 2.45) is 0 Å². The van der Waals surface area contributed by atoms with Gasteiger partial charge in [-0.05, 0) is 61.0 Å². The van der Waals surface area contributed by atoms with Gasteiger partial charge in [-0.25, -0.2) is 13.4 Å². The first kappa shape index (κ1) is 20.9. The third-order valence-corrected chi connectivity index (χ3v) is 6.90. The van der Waals surface area contributed by atoms with Gasteiger partial charge >= 0.3 is 0 Å². The summed E-state index contributed by atoms with van der Waals surface area (Å²) in [5.41, 5.74) is 4.40. The summed E-state index contributed by atoms with van der Waals surface area (Å²) in [7, 11) is -3.84. The van der Waals surface area contributed by atoms with E-state index >= 15 is 0 Å². The van der Waals surface area contributed by atoms with Crippen LogP contribution in [0.15, 0.2) is 78.0 Å². The van der Waals surface area contributed by atoms with E-state index in [0.29, 0.717) is 11.4 Å². The van der Waals surface area contributed by atoms with Gasteiger partial charge in [-0.15, -0.1) is 0 Å². The van der Waals surface area contributed by atoms with E-state index < -0.39 is 10.0 Å². The number of aryl methyl sites for hydroxylation is 1. The number of nitrogens with one attached hydrogen (secondary N) is 1. The van der Waals surface area contributed by atoms with Crippen LogP contribution in [0, 0.1) is 6.92 Å². The third-order valence-electron chi connectivity index (χ3n) is 5.51. The average Bonchev–Trinajstić information content (AvgIpc) is 3.36. The van der Waals surface area contributed by atoms with Crippen molar-refractivity contribution in [3.8, 4) is 11.3 Å². The molecule has 2 aromatic heterocycles. The molecule has 0 unspecified atom stereocenters. The maximum Gasteiger partial charge on any atom is 0.261 e. The van der Waals surface area contributed by atoms with E-state index in [1.807, 2.05) is 35.9 Å². The minimum Gasteiger partial charge on any atom is -0.306 e. The number of rotatable bonds is 5. The number of benzene rings is 2. The molecule has 0 saturated carbocycles. The number of sulfonamides is 1. The molecule has 0 aliphatic carbocycles. The van der Waals surface area contributed by atoms with Gasteiger partial charge in [-0.1, -0.05) is 12.1 Å². The molecule has 166 valence electrons. The van der Waals surface area contributed by atoms with Crippen molar-refractivity contribution in [3.05, 3.63) is 78.6 Å². The van der Waals surface area contributed by atoms with Crippen LogP contribution in [-0.4, -0.2) is 29.6 Å². The number of carbonyl (C=O) groups is 2. The number of aromatic nitrogens is 2. The maximum absolute atomic E-state index is 12.8. The number of imidazole rings is 1. The Morgan fingerprint density at radius 2 is 1.58 bits per heavy atom. The Morgan fingerprint density at radius 1 is 0.909 bits per heavy atom. The summed E-state index contributed by atoms with van der Waals surface area (Å²) < 4.78 is 30.1. The van der Waals surface area contributed by atoms with Crippen LogP contribution in [0.25, 0.3) is 16.9 Å². The molecular weight excluding hydrogens is 440 g/mol. The summed E-state index contributed by atoms with van der Waals surface area (Å²) in [4.78, 5) is 29.5. The van der Waals surface area contributed by atoms with Gasteiger partial charge in [0.2, 0.25) is 11.8 Å². The molecule has 33 heavy (non-hydrogen) atoms. The Morgan fingerprint density at radius 3 is 2.24 bits per heavy atom. The number of pyridine rings is 1. The van der Waals surface area contributed by atoms with Crippen LogP contribution in [-0.2, 0) is 19.6 Å². The Hall–Kier alpha value is -3.98. The molecule has 2 aromatic carbocycles. The van der Waals surface area contributed by atoms with E-state index in [1.54, 1.807) is 24.3 Å². The van der Waals surface area contributed by atoms with Crippen LogP contribution in [0.5, 0.6) is 0 Å². The van der Waals surface area contributed by atoms with Gasteiger partial charge < -0.3 is 4.40 Å². The van der Waals surface area contributed by atoms with Crippen LogP contribution in [0.2, 0.25) is 0 Å². The average molecular weight is 461 g/mol. The predicted molar refractivity (Wildman–Crippen MR) is 124 cm³/mol. The second kappa shape index (κ2) is 7.86. The second-order valence-electron chi connectivity index (χ2n) is 7.90. The number of anilines is 2. The Balaban J connectivity index is 1.34. The zero-order valence-electron chi connectivity index (χ0n) is 17.7. The van der Waals surface area contributed by atoms with Crippen molar-refractivity contribution in [2.75, 3.05) is 9.62 Å². The van der Waals surface area contributed by atoms with E-state index in [4.69, 9.17) is 0 Å². The van der Waals surface area contributed by atoms with E-state index in [9.17, 15) is 18.0 Å². The monoisotopic (exact) mass is 460 g/mol. The Labute approximate surface area is 190 Å². The predicted octanol–water partition coefficient (Wildman–Crippen LogP) is 3.76. The lowest BCUT2D eigenvalue weighted by atomic mass is 10.1. The van der Waals surface area contributed by atoms with Crippen molar-refractivity contribution < 1.29 is 18.0 Å². The van der Waals surface area contributed by atoms with E-state index in [1.165, 1.54) is 24.3 Å². The molecule has 1 aliphatic heterocycles. The van der Waals surface area contributed by atoms with Gasteiger partial charge in [-0.3, -0.25) is 19.2 Å². The SMILES string of the molecule is Cc1ccn2cc(-c3ccc(NS(=O)(=O)c4ccc(N5C(=O)CCC5=O)cc4)cc3)nc2c1. The van der Waals surface area contributed by atoms with Crippen molar-refractivity contribution in [1.29, 1.82) is 0 Å². The number of fused-ring (bicyclic) bond motifs is 1. The van der Waals surface area contributed by atoms with Crippen molar-refractivity contribution >= 4 is 38.9 Å². The normalized spacial score (nSPS) is 14.3. The number of hydrogen-bond acceptors (Lipinski definition) is 5. The molecule has 1 fully saturated rings. The molecule has 3 heterocycles. The number of amides is 2.